The van der Waals surface area contributed by atoms with Crippen LogP contribution in [0.2, 0.25) is 0 Å². The van der Waals surface area contributed by atoms with Gasteiger partial charge in [-0.1, -0.05) is 12.2 Å². The highest BCUT2D eigenvalue weighted by Gasteiger charge is 1.97. The number of halogens is 1. The van der Waals surface area contributed by atoms with E-state index in [2.05, 4.69) is 10.3 Å². The molecule has 3 N–H and O–H groups in total. The molecule has 1 heterocycles. The summed E-state index contributed by atoms with van der Waals surface area (Å²) in [6, 6.07) is 1.37. The molecule has 0 aromatic carbocycles. The quantitative estimate of drug-likeness (QED) is 0.714. The number of aromatic nitrogens is 1. The third-order valence-corrected chi connectivity index (χ3v) is 1.76. The van der Waals surface area contributed by atoms with E-state index in [4.69, 9.17) is 5.73 Å². The molecule has 0 radical (unpaired) electrons. The molecule has 0 bridgehead atoms. The van der Waals surface area contributed by atoms with Gasteiger partial charge in [0.1, 0.15) is 0 Å². The molecule has 0 amide bonds. The van der Waals surface area contributed by atoms with E-state index in [0.29, 0.717) is 0 Å². The molecule has 0 aliphatic heterocycles. The van der Waals surface area contributed by atoms with Gasteiger partial charge in [-0.25, -0.2) is 9.37 Å². The third-order valence-electron chi connectivity index (χ3n) is 1.76. The Morgan fingerprint density at radius 2 is 2.43 bits per heavy atom. The van der Waals surface area contributed by atoms with Crippen molar-refractivity contribution in [3.05, 3.63) is 29.7 Å². The van der Waals surface area contributed by atoms with Crippen molar-refractivity contribution in [2.75, 3.05) is 19.3 Å². The van der Waals surface area contributed by atoms with Crippen LogP contribution in [0.4, 0.5) is 10.2 Å². The number of nitrogens with two attached hydrogens (primary N) is 1. The fourth-order valence-corrected chi connectivity index (χ4v) is 1.00. The van der Waals surface area contributed by atoms with E-state index >= 15 is 0 Å². The Morgan fingerprint density at radius 3 is 3.07 bits per heavy atom. The maximum atomic E-state index is 12.9. The lowest BCUT2D eigenvalue weighted by molar-refractivity contribution is 0.627. The second-order valence-electron chi connectivity index (χ2n) is 2.93. The summed E-state index contributed by atoms with van der Waals surface area (Å²) in [5, 5.41) is 3.01. The zero-order valence-electron chi connectivity index (χ0n) is 8.13. The lowest BCUT2D eigenvalue weighted by Crippen LogP contribution is -2.05. The number of nitrogens with zero attached hydrogens (tertiary/aromatic N) is 1. The maximum absolute atomic E-state index is 12.9. The van der Waals surface area contributed by atoms with Gasteiger partial charge in [-0.15, -0.1) is 0 Å². The van der Waals surface area contributed by atoms with Gasteiger partial charge in [-0.2, -0.15) is 0 Å². The van der Waals surface area contributed by atoms with E-state index in [1.165, 1.54) is 6.07 Å². The van der Waals surface area contributed by atoms with Crippen LogP contribution in [0, 0.1) is 5.82 Å². The van der Waals surface area contributed by atoms with Gasteiger partial charge in [-0.05, 0) is 31.6 Å². The van der Waals surface area contributed by atoms with Gasteiger partial charge < -0.3 is 11.1 Å². The molecule has 0 fully saturated rings. The van der Waals surface area contributed by atoms with E-state index < -0.39 is 5.82 Å². The van der Waals surface area contributed by atoms with E-state index in [1.54, 1.807) is 6.20 Å². The minimum atomic E-state index is -0.472. The van der Waals surface area contributed by atoms with Crippen molar-refractivity contribution in [3.8, 4) is 0 Å². The Balaban J connectivity index is 2.59. The summed E-state index contributed by atoms with van der Waals surface area (Å²) in [6.07, 6.45) is 6.24. The first-order valence-electron chi connectivity index (χ1n) is 4.46. The molecule has 1 aromatic heterocycles. The number of nitrogen functional groups attached to an aromatic ring is 1. The summed E-state index contributed by atoms with van der Waals surface area (Å²) in [4.78, 5) is 3.71. The van der Waals surface area contributed by atoms with Crippen molar-refractivity contribution in [1.29, 1.82) is 0 Å². The molecule has 14 heavy (non-hydrogen) atoms. The molecule has 0 aliphatic carbocycles. The van der Waals surface area contributed by atoms with Crippen LogP contribution in [0.5, 0.6) is 0 Å². The molecule has 0 unspecified atom stereocenters. The predicted octanol–water partition coefficient (Wildman–Crippen LogP) is 1.43. The summed E-state index contributed by atoms with van der Waals surface area (Å²) in [5.74, 6) is -0.529. The standard InChI is InChI=1S/C10H14FN3/c1-13-5-3-2-4-8-6-9(11)10(12)14-7-8/h2,4,6-7,13H,3,5H2,1H3,(H2,12,14). The molecule has 1 rings (SSSR count). The van der Waals surface area contributed by atoms with Gasteiger partial charge in [-0.3, -0.25) is 0 Å². The van der Waals surface area contributed by atoms with Gasteiger partial charge in [0.05, 0.1) is 0 Å². The van der Waals surface area contributed by atoms with E-state index in [9.17, 15) is 4.39 Å². The predicted molar refractivity (Wildman–Crippen MR) is 56.2 cm³/mol. The summed E-state index contributed by atoms with van der Waals surface area (Å²) in [6.45, 7) is 0.904. The number of anilines is 1. The lowest BCUT2D eigenvalue weighted by Gasteiger charge is -1.97. The van der Waals surface area contributed by atoms with E-state index in [-0.39, 0.29) is 5.82 Å². The van der Waals surface area contributed by atoms with Gasteiger partial charge in [0.15, 0.2) is 11.6 Å². The van der Waals surface area contributed by atoms with Crippen LogP contribution >= 0.6 is 0 Å². The molecule has 3 nitrogen and oxygen atoms in total. The first-order valence-corrected chi connectivity index (χ1v) is 4.46. The number of nitrogens with one attached hydrogen (secondary N) is 1. The second-order valence-corrected chi connectivity index (χ2v) is 2.93. The monoisotopic (exact) mass is 195 g/mol. The average molecular weight is 195 g/mol. The number of rotatable bonds is 4. The number of pyridine rings is 1. The van der Waals surface area contributed by atoms with Crippen LogP contribution in [0.1, 0.15) is 12.0 Å². The summed E-state index contributed by atoms with van der Waals surface area (Å²) in [7, 11) is 1.89. The first-order chi connectivity index (χ1) is 6.74. The van der Waals surface area contributed by atoms with Gasteiger partial charge in [0, 0.05) is 6.20 Å². The average Bonchev–Trinajstić information content (AvgIpc) is 2.18. The van der Waals surface area contributed by atoms with Crippen LogP contribution in [-0.2, 0) is 0 Å². The van der Waals surface area contributed by atoms with Gasteiger partial charge in [0.25, 0.3) is 0 Å². The Kier molecular flexibility index (Phi) is 4.07. The Bertz CT molecular complexity index is 323. The summed E-state index contributed by atoms with van der Waals surface area (Å²) >= 11 is 0. The minimum absolute atomic E-state index is 0.0580. The van der Waals surface area contributed by atoms with Crippen LogP contribution in [0.25, 0.3) is 6.08 Å². The smallest absolute Gasteiger partial charge is 0.165 e. The Hall–Kier alpha value is -1.42. The zero-order valence-corrected chi connectivity index (χ0v) is 8.13. The maximum Gasteiger partial charge on any atom is 0.165 e. The fourth-order valence-electron chi connectivity index (χ4n) is 1.00. The SMILES string of the molecule is CNCCC=Cc1cnc(N)c(F)c1. The van der Waals surface area contributed by atoms with Crippen molar-refractivity contribution in [1.82, 2.24) is 10.3 Å². The topological polar surface area (TPSA) is 50.9 Å². The Morgan fingerprint density at radius 1 is 1.64 bits per heavy atom. The van der Waals surface area contributed by atoms with Crippen molar-refractivity contribution < 1.29 is 4.39 Å². The van der Waals surface area contributed by atoms with Gasteiger partial charge in [0.2, 0.25) is 0 Å². The first kappa shape index (κ1) is 10.7. The zero-order chi connectivity index (χ0) is 10.4. The molecular weight excluding hydrogens is 181 g/mol. The van der Waals surface area contributed by atoms with Crippen molar-refractivity contribution >= 4 is 11.9 Å². The van der Waals surface area contributed by atoms with Crippen molar-refractivity contribution in [2.24, 2.45) is 0 Å². The van der Waals surface area contributed by atoms with Crippen LogP contribution in [0.15, 0.2) is 18.3 Å². The van der Waals surface area contributed by atoms with Crippen molar-refractivity contribution in [2.45, 2.75) is 6.42 Å². The molecule has 76 valence electrons. The molecule has 0 aliphatic rings. The summed E-state index contributed by atoms with van der Waals surface area (Å²) in [5.41, 5.74) is 5.97. The molecule has 0 atom stereocenters. The van der Waals surface area contributed by atoms with Crippen LogP contribution in [0.3, 0.4) is 0 Å². The molecule has 0 saturated heterocycles. The largest absolute Gasteiger partial charge is 0.381 e. The highest BCUT2D eigenvalue weighted by atomic mass is 19.1. The molecule has 0 saturated carbocycles. The molecule has 1 aromatic rings. The van der Waals surface area contributed by atoms with E-state index in [0.717, 1.165) is 18.5 Å². The highest BCUT2D eigenvalue weighted by Crippen LogP contribution is 2.09. The second kappa shape index (κ2) is 5.34. The minimum Gasteiger partial charge on any atom is -0.381 e. The fraction of sp³-hybridized carbons (Fsp3) is 0.300. The third kappa shape index (κ3) is 3.14. The van der Waals surface area contributed by atoms with Crippen molar-refractivity contribution in [3.63, 3.8) is 0 Å². The Labute approximate surface area is 82.8 Å². The lowest BCUT2D eigenvalue weighted by atomic mass is 10.2. The highest BCUT2D eigenvalue weighted by molar-refractivity contribution is 5.50. The molecular formula is C10H14FN3. The molecule has 4 heteroatoms. The van der Waals surface area contributed by atoms with Crippen LogP contribution in [-0.4, -0.2) is 18.6 Å². The van der Waals surface area contributed by atoms with E-state index in [1.807, 2.05) is 19.2 Å². The number of hydrogen-bond acceptors (Lipinski definition) is 3. The summed E-state index contributed by atoms with van der Waals surface area (Å²) < 4.78 is 12.9. The normalized spacial score (nSPS) is 11.0. The van der Waals surface area contributed by atoms with Crippen LogP contribution < -0.4 is 11.1 Å². The molecule has 0 spiro atoms. The van der Waals surface area contributed by atoms with Gasteiger partial charge >= 0.3 is 0 Å². The number of hydrogen-bond donors (Lipinski definition) is 2.